The van der Waals surface area contributed by atoms with Crippen LogP contribution in [0.15, 0.2) is 42.5 Å². The Hall–Kier alpha value is -1.51. The number of phenolic OH excluding ortho intramolecular Hbond substituents is 1. The van der Waals surface area contributed by atoms with Crippen molar-refractivity contribution in [2.75, 3.05) is 0 Å². The first kappa shape index (κ1) is 10.6. The van der Waals surface area contributed by atoms with Crippen LogP contribution in [0.4, 0.5) is 0 Å². The molecule has 0 bridgehead atoms. The standard InChI is InChI=1S/C14H12ClNO/c15-10-5-6-11-9(7-10)8-16-14(11)12-3-1-2-4-13(12)17/h1-7,14,16-17H,8H2. The Labute approximate surface area is 105 Å². The molecule has 0 aromatic heterocycles. The maximum atomic E-state index is 9.89. The van der Waals surface area contributed by atoms with Crippen molar-refractivity contribution >= 4 is 11.6 Å². The Morgan fingerprint density at radius 1 is 1.12 bits per heavy atom. The lowest BCUT2D eigenvalue weighted by molar-refractivity contribution is 0.460. The summed E-state index contributed by atoms with van der Waals surface area (Å²) >= 11 is 5.97. The van der Waals surface area contributed by atoms with E-state index in [1.807, 2.05) is 36.4 Å². The summed E-state index contributed by atoms with van der Waals surface area (Å²) in [6.07, 6.45) is 0. The molecule has 1 aliphatic rings. The molecule has 0 radical (unpaired) electrons. The number of benzene rings is 2. The van der Waals surface area contributed by atoms with Crippen molar-refractivity contribution in [3.05, 3.63) is 64.2 Å². The van der Waals surface area contributed by atoms with Crippen LogP contribution in [0.3, 0.4) is 0 Å². The van der Waals surface area contributed by atoms with E-state index < -0.39 is 0 Å². The van der Waals surface area contributed by atoms with E-state index in [2.05, 4.69) is 5.32 Å². The fourth-order valence-electron chi connectivity index (χ4n) is 2.34. The van der Waals surface area contributed by atoms with Gasteiger partial charge in [0.1, 0.15) is 5.75 Å². The molecule has 3 rings (SSSR count). The first-order valence-electron chi connectivity index (χ1n) is 5.55. The van der Waals surface area contributed by atoms with Gasteiger partial charge in [-0.15, -0.1) is 0 Å². The SMILES string of the molecule is Oc1ccccc1C1NCc2cc(Cl)ccc21. The molecule has 2 aromatic carbocycles. The number of fused-ring (bicyclic) bond motifs is 1. The molecule has 3 heteroatoms. The van der Waals surface area contributed by atoms with Crippen molar-refractivity contribution in [3.8, 4) is 5.75 Å². The van der Waals surface area contributed by atoms with Crippen LogP contribution in [0, 0.1) is 0 Å². The molecule has 0 aliphatic carbocycles. The second-order valence-electron chi connectivity index (χ2n) is 4.22. The van der Waals surface area contributed by atoms with Crippen molar-refractivity contribution in [1.29, 1.82) is 0 Å². The van der Waals surface area contributed by atoms with Gasteiger partial charge in [-0.2, -0.15) is 0 Å². The summed E-state index contributed by atoms with van der Waals surface area (Å²) in [7, 11) is 0. The summed E-state index contributed by atoms with van der Waals surface area (Å²) < 4.78 is 0. The Morgan fingerprint density at radius 3 is 2.76 bits per heavy atom. The van der Waals surface area contributed by atoms with Crippen molar-refractivity contribution in [2.24, 2.45) is 0 Å². The summed E-state index contributed by atoms with van der Waals surface area (Å²) in [6.45, 7) is 0.787. The van der Waals surface area contributed by atoms with E-state index in [0.29, 0.717) is 5.75 Å². The molecule has 0 saturated carbocycles. The summed E-state index contributed by atoms with van der Waals surface area (Å²) in [5.41, 5.74) is 3.30. The van der Waals surface area contributed by atoms with Crippen LogP contribution in [0.5, 0.6) is 5.75 Å². The van der Waals surface area contributed by atoms with Crippen molar-refractivity contribution < 1.29 is 5.11 Å². The smallest absolute Gasteiger partial charge is 0.120 e. The number of halogens is 1. The van der Waals surface area contributed by atoms with Crippen LogP contribution < -0.4 is 5.32 Å². The molecule has 17 heavy (non-hydrogen) atoms. The molecule has 1 heterocycles. The highest BCUT2D eigenvalue weighted by atomic mass is 35.5. The molecule has 0 saturated heterocycles. The first-order valence-corrected chi connectivity index (χ1v) is 5.93. The Morgan fingerprint density at radius 2 is 1.94 bits per heavy atom. The second kappa shape index (κ2) is 4.06. The Bertz CT molecular complexity index is 568. The van der Waals surface area contributed by atoms with Gasteiger partial charge >= 0.3 is 0 Å². The summed E-state index contributed by atoms with van der Waals surface area (Å²) in [6, 6.07) is 13.4. The van der Waals surface area contributed by atoms with Crippen LogP contribution in [0.25, 0.3) is 0 Å². The molecule has 0 fully saturated rings. The first-order chi connectivity index (χ1) is 8.25. The fraction of sp³-hybridized carbons (Fsp3) is 0.143. The van der Waals surface area contributed by atoms with E-state index in [1.54, 1.807) is 6.07 Å². The van der Waals surface area contributed by atoms with E-state index in [9.17, 15) is 5.11 Å². The lowest BCUT2D eigenvalue weighted by Crippen LogP contribution is -2.13. The Balaban J connectivity index is 2.07. The zero-order valence-corrected chi connectivity index (χ0v) is 9.91. The number of para-hydroxylation sites is 1. The number of phenols is 1. The second-order valence-corrected chi connectivity index (χ2v) is 4.65. The summed E-state index contributed by atoms with van der Waals surface area (Å²) in [5.74, 6) is 0.327. The topological polar surface area (TPSA) is 32.3 Å². The van der Waals surface area contributed by atoms with Crippen LogP contribution in [0.1, 0.15) is 22.7 Å². The predicted molar refractivity (Wildman–Crippen MR) is 68.2 cm³/mol. The van der Waals surface area contributed by atoms with Gasteiger partial charge in [0.2, 0.25) is 0 Å². The van der Waals surface area contributed by atoms with E-state index in [4.69, 9.17) is 11.6 Å². The third kappa shape index (κ3) is 1.79. The van der Waals surface area contributed by atoms with Gasteiger partial charge in [-0.05, 0) is 29.3 Å². The molecule has 0 amide bonds. The van der Waals surface area contributed by atoms with Gasteiger partial charge in [0.15, 0.2) is 0 Å². The number of hydrogen-bond acceptors (Lipinski definition) is 2. The van der Waals surface area contributed by atoms with Crippen molar-refractivity contribution in [1.82, 2.24) is 5.32 Å². The molecule has 0 spiro atoms. The van der Waals surface area contributed by atoms with Gasteiger partial charge in [0, 0.05) is 17.1 Å². The average Bonchev–Trinajstić information content (AvgIpc) is 2.72. The predicted octanol–water partition coefficient (Wildman–Crippen LogP) is 3.24. The maximum Gasteiger partial charge on any atom is 0.120 e. The van der Waals surface area contributed by atoms with Crippen LogP contribution >= 0.6 is 11.6 Å². The zero-order chi connectivity index (χ0) is 11.8. The highest BCUT2D eigenvalue weighted by Gasteiger charge is 2.25. The van der Waals surface area contributed by atoms with Gasteiger partial charge < -0.3 is 10.4 Å². The van der Waals surface area contributed by atoms with Gasteiger partial charge in [-0.3, -0.25) is 0 Å². The van der Waals surface area contributed by atoms with E-state index in [-0.39, 0.29) is 6.04 Å². The maximum absolute atomic E-state index is 9.89. The largest absolute Gasteiger partial charge is 0.508 e. The minimum Gasteiger partial charge on any atom is -0.508 e. The molecular formula is C14H12ClNO. The molecule has 2 aromatic rings. The van der Waals surface area contributed by atoms with Gasteiger partial charge in [0.05, 0.1) is 6.04 Å². The third-order valence-corrected chi connectivity index (χ3v) is 3.40. The molecule has 86 valence electrons. The van der Waals surface area contributed by atoms with Crippen LogP contribution in [0.2, 0.25) is 5.02 Å². The minimum absolute atomic E-state index is 0.0588. The van der Waals surface area contributed by atoms with E-state index >= 15 is 0 Å². The van der Waals surface area contributed by atoms with Crippen molar-refractivity contribution in [2.45, 2.75) is 12.6 Å². The van der Waals surface area contributed by atoms with Gasteiger partial charge in [-0.1, -0.05) is 35.9 Å². The highest BCUT2D eigenvalue weighted by molar-refractivity contribution is 6.30. The van der Waals surface area contributed by atoms with E-state index in [1.165, 1.54) is 11.1 Å². The quantitative estimate of drug-likeness (QED) is 0.809. The van der Waals surface area contributed by atoms with Gasteiger partial charge in [-0.25, -0.2) is 0 Å². The number of rotatable bonds is 1. The van der Waals surface area contributed by atoms with Crippen LogP contribution in [-0.4, -0.2) is 5.11 Å². The number of nitrogens with one attached hydrogen (secondary N) is 1. The number of aromatic hydroxyl groups is 1. The van der Waals surface area contributed by atoms with Gasteiger partial charge in [0.25, 0.3) is 0 Å². The van der Waals surface area contributed by atoms with Crippen molar-refractivity contribution in [3.63, 3.8) is 0 Å². The highest BCUT2D eigenvalue weighted by Crippen LogP contribution is 2.35. The minimum atomic E-state index is 0.0588. The Kier molecular flexibility index (Phi) is 2.54. The number of hydrogen-bond donors (Lipinski definition) is 2. The normalized spacial score (nSPS) is 18.1. The fourth-order valence-corrected chi connectivity index (χ4v) is 2.53. The monoisotopic (exact) mass is 245 g/mol. The summed E-state index contributed by atoms with van der Waals surface area (Å²) in [5, 5.41) is 14.0. The summed E-state index contributed by atoms with van der Waals surface area (Å²) in [4.78, 5) is 0. The molecule has 1 aliphatic heterocycles. The average molecular weight is 246 g/mol. The molecule has 2 N–H and O–H groups in total. The molecule has 1 atom stereocenters. The third-order valence-electron chi connectivity index (χ3n) is 3.16. The lowest BCUT2D eigenvalue weighted by atomic mass is 9.98. The molecular weight excluding hydrogens is 234 g/mol. The molecule has 2 nitrogen and oxygen atoms in total. The molecule has 1 unspecified atom stereocenters. The zero-order valence-electron chi connectivity index (χ0n) is 9.15. The van der Waals surface area contributed by atoms with Crippen LogP contribution in [-0.2, 0) is 6.54 Å². The lowest BCUT2D eigenvalue weighted by Gasteiger charge is -2.14. The van der Waals surface area contributed by atoms with E-state index in [0.717, 1.165) is 17.1 Å².